The lowest BCUT2D eigenvalue weighted by Gasteiger charge is -2.55. The average Bonchev–Trinajstić information content (AvgIpc) is 2.54. The highest BCUT2D eigenvalue weighted by Gasteiger charge is 2.49. The molecule has 0 radical (unpaired) electrons. The highest BCUT2D eigenvalue weighted by molar-refractivity contribution is 5.01. The molecule has 8 aliphatic carbocycles. The molecule has 0 aromatic rings. The van der Waals surface area contributed by atoms with Gasteiger partial charge in [0.1, 0.15) is 0 Å². The Morgan fingerprint density at radius 2 is 1.00 bits per heavy atom. The smallest absolute Gasteiger partial charge is 0.0124 e. The van der Waals surface area contributed by atoms with Crippen LogP contribution >= 0.6 is 0 Å². The van der Waals surface area contributed by atoms with Crippen LogP contribution in [0.2, 0.25) is 0 Å². The molecule has 0 aromatic heterocycles. The summed E-state index contributed by atoms with van der Waals surface area (Å²) >= 11 is 0. The van der Waals surface area contributed by atoms with Gasteiger partial charge in [-0.1, -0.05) is 0 Å². The maximum Gasteiger partial charge on any atom is 0.0124 e. The van der Waals surface area contributed by atoms with Gasteiger partial charge in [-0.25, -0.2) is 0 Å². The zero-order valence-corrected chi connectivity index (χ0v) is 15.5. The van der Waals surface area contributed by atoms with Gasteiger partial charge in [0.15, 0.2) is 0 Å². The number of hydrogen-bond donors (Lipinski definition) is 1. The van der Waals surface area contributed by atoms with Crippen LogP contribution < -0.4 is 5.32 Å². The Kier molecular flexibility index (Phi) is 3.60. The monoisotopic (exact) mass is 327 g/mol. The van der Waals surface area contributed by atoms with E-state index in [1.165, 1.54) is 13.0 Å². The van der Waals surface area contributed by atoms with Gasteiger partial charge in [-0.2, -0.15) is 0 Å². The molecular formula is C23H37N. The van der Waals surface area contributed by atoms with Gasteiger partial charge >= 0.3 is 0 Å². The standard InChI is InChI=1S/C23H37N/c1(2-22-18-6-14-4-15(8-18)9-19(22)7-14)3-24-23-20-10-16-5-17(12-20)13-21(23)11-16/h14-24H,1-13H2. The van der Waals surface area contributed by atoms with Gasteiger partial charge in [-0.15, -0.1) is 0 Å². The first-order valence-corrected chi connectivity index (χ1v) is 11.5. The minimum atomic E-state index is 0.913. The Labute approximate surface area is 148 Å². The van der Waals surface area contributed by atoms with Gasteiger partial charge in [0.05, 0.1) is 0 Å². The van der Waals surface area contributed by atoms with Crippen LogP contribution in [0.1, 0.15) is 77.0 Å². The average molecular weight is 328 g/mol. The molecule has 134 valence electrons. The van der Waals surface area contributed by atoms with Gasteiger partial charge in [-0.3, -0.25) is 0 Å². The van der Waals surface area contributed by atoms with Crippen molar-refractivity contribution in [2.75, 3.05) is 6.54 Å². The summed E-state index contributed by atoms with van der Waals surface area (Å²) in [6.45, 7) is 1.33. The molecule has 0 amide bonds. The van der Waals surface area contributed by atoms with Crippen LogP contribution in [-0.4, -0.2) is 12.6 Å². The Hall–Kier alpha value is -0.0400. The van der Waals surface area contributed by atoms with Crippen LogP contribution in [0.3, 0.4) is 0 Å². The maximum absolute atomic E-state index is 4.09. The van der Waals surface area contributed by atoms with E-state index in [-0.39, 0.29) is 0 Å². The van der Waals surface area contributed by atoms with Crippen LogP contribution in [0.5, 0.6) is 0 Å². The van der Waals surface area contributed by atoms with Crippen molar-refractivity contribution in [1.82, 2.24) is 5.32 Å². The van der Waals surface area contributed by atoms with E-state index in [2.05, 4.69) is 5.32 Å². The topological polar surface area (TPSA) is 12.0 Å². The largest absolute Gasteiger partial charge is 0.313 e. The van der Waals surface area contributed by atoms with E-state index in [0.717, 1.165) is 59.3 Å². The summed E-state index contributed by atoms with van der Waals surface area (Å²) in [5.74, 6) is 10.1. The van der Waals surface area contributed by atoms with E-state index >= 15 is 0 Å². The van der Waals surface area contributed by atoms with Gasteiger partial charge in [0.2, 0.25) is 0 Å². The number of rotatable bonds is 5. The predicted molar refractivity (Wildman–Crippen MR) is 98.6 cm³/mol. The second-order valence-corrected chi connectivity index (χ2v) is 11.1. The van der Waals surface area contributed by atoms with Crippen molar-refractivity contribution < 1.29 is 0 Å². The second-order valence-electron chi connectivity index (χ2n) is 11.1. The van der Waals surface area contributed by atoms with Crippen molar-refractivity contribution in [2.24, 2.45) is 53.3 Å². The summed E-state index contributed by atoms with van der Waals surface area (Å²) in [5, 5.41) is 4.09. The number of hydrogen-bond acceptors (Lipinski definition) is 1. The van der Waals surface area contributed by atoms with Crippen LogP contribution in [0.15, 0.2) is 0 Å². The van der Waals surface area contributed by atoms with Gasteiger partial charge in [-0.05, 0) is 137 Å². The number of nitrogens with one attached hydrogen (secondary N) is 1. The molecule has 24 heavy (non-hydrogen) atoms. The molecule has 0 aromatic carbocycles. The molecule has 0 aliphatic heterocycles. The van der Waals surface area contributed by atoms with Crippen molar-refractivity contribution >= 4 is 0 Å². The van der Waals surface area contributed by atoms with E-state index in [1.54, 1.807) is 70.6 Å². The summed E-state index contributed by atoms with van der Waals surface area (Å²) in [5.41, 5.74) is 0. The lowest BCUT2D eigenvalue weighted by molar-refractivity contribution is -0.0411. The molecule has 0 saturated heterocycles. The fraction of sp³-hybridized carbons (Fsp3) is 1.00. The molecule has 1 nitrogen and oxygen atoms in total. The Morgan fingerprint density at radius 1 is 0.542 bits per heavy atom. The third kappa shape index (κ3) is 2.43. The maximum atomic E-state index is 4.09. The summed E-state index contributed by atoms with van der Waals surface area (Å²) in [6.07, 6.45) is 18.9. The first-order valence-electron chi connectivity index (χ1n) is 11.5. The molecule has 0 spiro atoms. The fourth-order valence-corrected chi connectivity index (χ4v) is 9.37. The second kappa shape index (κ2) is 5.73. The predicted octanol–water partition coefficient (Wildman–Crippen LogP) is 5.25. The molecular weight excluding hydrogens is 290 g/mol. The summed E-state index contributed by atoms with van der Waals surface area (Å²) in [7, 11) is 0. The van der Waals surface area contributed by atoms with Crippen LogP contribution in [0.4, 0.5) is 0 Å². The van der Waals surface area contributed by atoms with Gasteiger partial charge in [0.25, 0.3) is 0 Å². The zero-order chi connectivity index (χ0) is 15.7. The van der Waals surface area contributed by atoms with Crippen LogP contribution in [0, 0.1) is 53.3 Å². The molecule has 8 aliphatic rings. The van der Waals surface area contributed by atoms with Crippen molar-refractivity contribution in [1.29, 1.82) is 0 Å². The first kappa shape index (κ1) is 15.1. The van der Waals surface area contributed by atoms with E-state index in [9.17, 15) is 0 Å². The third-order valence-electron chi connectivity index (χ3n) is 9.74. The Bertz CT molecular complexity index is 382. The molecule has 0 heterocycles. The molecule has 1 N–H and O–H groups in total. The highest BCUT2D eigenvalue weighted by atomic mass is 14.9. The summed E-state index contributed by atoms with van der Waals surface area (Å²) < 4.78 is 0. The first-order chi connectivity index (χ1) is 11.8. The minimum absolute atomic E-state index is 0.913. The SMILES string of the molecule is C(CNC1C2CC3CC(C2)CC1C3)CC1C2CC3CC(C2)CC1C3. The van der Waals surface area contributed by atoms with Crippen molar-refractivity contribution in [3.8, 4) is 0 Å². The summed E-state index contributed by atoms with van der Waals surface area (Å²) in [6, 6.07) is 0.913. The Morgan fingerprint density at radius 3 is 1.50 bits per heavy atom. The Balaban J connectivity index is 1.01. The van der Waals surface area contributed by atoms with E-state index in [1.807, 2.05) is 0 Å². The molecule has 0 unspecified atom stereocenters. The lowest BCUT2D eigenvalue weighted by atomic mass is 9.51. The van der Waals surface area contributed by atoms with Crippen molar-refractivity contribution in [3.63, 3.8) is 0 Å². The van der Waals surface area contributed by atoms with Gasteiger partial charge < -0.3 is 5.32 Å². The molecule has 8 rings (SSSR count). The molecule has 0 atom stereocenters. The van der Waals surface area contributed by atoms with E-state index in [0.29, 0.717) is 0 Å². The highest BCUT2D eigenvalue weighted by Crippen LogP contribution is 2.57. The van der Waals surface area contributed by atoms with Crippen molar-refractivity contribution in [2.45, 2.75) is 83.1 Å². The minimum Gasteiger partial charge on any atom is -0.313 e. The van der Waals surface area contributed by atoms with Crippen LogP contribution in [-0.2, 0) is 0 Å². The summed E-state index contributed by atoms with van der Waals surface area (Å²) in [4.78, 5) is 0. The fourth-order valence-electron chi connectivity index (χ4n) is 9.37. The molecule has 1 heteroatoms. The lowest BCUT2D eigenvalue weighted by Crippen LogP contribution is -2.54. The van der Waals surface area contributed by atoms with Gasteiger partial charge in [0, 0.05) is 6.04 Å². The van der Waals surface area contributed by atoms with E-state index < -0.39 is 0 Å². The third-order valence-corrected chi connectivity index (χ3v) is 9.74. The normalized spacial score (nSPS) is 57.0. The van der Waals surface area contributed by atoms with E-state index in [4.69, 9.17) is 0 Å². The van der Waals surface area contributed by atoms with Crippen LogP contribution in [0.25, 0.3) is 0 Å². The quantitative estimate of drug-likeness (QED) is 0.680. The molecule has 8 fully saturated rings. The molecule has 8 saturated carbocycles. The zero-order valence-electron chi connectivity index (χ0n) is 15.5. The van der Waals surface area contributed by atoms with Crippen molar-refractivity contribution in [3.05, 3.63) is 0 Å². The molecule has 8 bridgehead atoms.